The Morgan fingerprint density at radius 3 is 2.25 bits per heavy atom. The van der Waals surface area contributed by atoms with Crippen LogP contribution in [0.4, 0.5) is 11.8 Å². The van der Waals surface area contributed by atoms with Gasteiger partial charge in [0.05, 0.1) is 6.61 Å². The molecule has 1 saturated heterocycles. The van der Waals surface area contributed by atoms with Gasteiger partial charge in [-0.05, 0) is 17.7 Å². The maximum atomic E-state index is 9.03. The van der Waals surface area contributed by atoms with Gasteiger partial charge in [-0.15, -0.1) is 0 Å². The number of rotatable bonds is 3. The Kier molecular flexibility index (Phi) is 3.73. The van der Waals surface area contributed by atoms with Crippen molar-refractivity contribution < 1.29 is 5.11 Å². The van der Waals surface area contributed by atoms with Crippen LogP contribution in [-0.4, -0.2) is 46.2 Å². The molecule has 1 fully saturated rings. The van der Waals surface area contributed by atoms with Crippen LogP contribution < -0.4 is 9.80 Å². The average molecular weight is 271 g/mol. The van der Waals surface area contributed by atoms with Crippen LogP contribution in [0.15, 0.2) is 36.8 Å². The first kappa shape index (κ1) is 12.8. The van der Waals surface area contributed by atoms with Crippen molar-refractivity contribution in [3.63, 3.8) is 0 Å². The standard InChI is InChI=1S/C14H17N5O/c20-11-12-2-3-13(17-10-12)18-6-8-19(9-7-18)14-15-4-1-5-16-14/h1-5,10,20H,6-9,11H2. The second-order valence-corrected chi connectivity index (χ2v) is 4.71. The van der Waals surface area contributed by atoms with Gasteiger partial charge in [-0.2, -0.15) is 0 Å². The van der Waals surface area contributed by atoms with E-state index in [1.165, 1.54) is 0 Å². The molecule has 0 aliphatic carbocycles. The highest BCUT2D eigenvalue weighted by atomic mass is 16.3. The molecule has 104 valence electrons. The zero-order chi connectivity index (χ0) is 13.8. The summed E-state index contributed by atoms with van der Waals surface area (Å²) in [4.78, 5) is 17.4. The average Bonchev–Trinajstić information content (AvgIpc) is 2.56. The minimum Gasteiger partial charge on any atom is -0.392 e. The molecule has 0 radical (unpaired) electrons. The van der Waals surface area contributed by atoms with E-state index in [1.54, 1.807) is 18.6 Å². The lowest BCUT2D eigenvalue weighted by Crippen LogP contribution is -2.47. The van der Waals surface area contributed by atoms with Gasteiger partial charge in [-0.25, -0.2) is 15.0 Å². The first-order chi connectivity index (χ1) is 9.86. The Hall–Kier alpha value is -2.21. The van der Waals surface area contributed by atoms with Gasteiger partial charge >= 0.3 is 0 Å². The summed E-state index contributed by atoms with van der Waals surface area (Å²) in [5.41, 5.74) is 0.838. The van der Waals surface area contributed by atoms with Crippen molar-refractivity contribution in [3.05, 3.63) is 42.4 Å². The molecule has 6 nitrogen and oxygen atoms in total. The van der Waals surface area contributed by atoms with Crippen molar-refractivity contribution in [3.8, 4) is 0 Å². The van der Waals surface area contributed by atoms with Crippen LogP contribution >= 0.6 is 0 Å². The summed E-state index contributed by atoms with van der Waals surface area (Å²) >= 11 is 0. The van der Waals surface area contributed by atoms with E-state index in [9.17, 15) is 0 Å². The van der Waals surface area contributed by atoms with Gasteiger partial charge in [0.15, 0.2) is 0 Å². The second-order valence-electron chi connectivity index (χ2n) is 4.71. The lowest BCUT2D eigenvalue weighted by Gasteiger charge is -2.35. The summed E-state index contributed by atoms with van der Waals surface area (Å²) in [7, 11) is 0. The van der Waals surface area contributed by atoms with Gasteiger partial charge in [-0.1, -0.05) is 6.07 Å². The number of aliphatic hydroxyl groups is 1. The third-order valence-corrected chi connectivity index (χ3v) is 3.43. The van der Waals surface area contributed by atoms with Gasteiger partial charge in [-0.3, -0.25) is 0 Å². The van der Waals surface area contributed by atoms with E-state index < -0.39 is 0 Å². The molecule has 3 rings (SSSR count). The molecule has 2 aromatic rings. The zero-order valence-corrected chi connectivity index (χ0v) is 11.2. The van der Waals surface area contributed by atoms with E-state index in [-0.39, 0.29) is 6.61 Å². The van der Waals surface area contributed by atoms with Gasteiger partial charge < -0.3 is 14.9 Å². The summed E-state index contributed by atoms with van der Waals surface area (Å²) in [5.74, 6) is 1.74. The zero-order valence-electron chi connectivity index (χ0n) is 11.2. The molecule has 0 bridgehead atoms. The van der Waals surface area contributed by atoms with Gasteiger partial charge in [0.25, 0.3) is 0 Å². The first-order valence-electron chi connectivity index (χ1n) is 6.69. The van der Waals surface area contributed by atoms with Crippen LogP contribution in [0.2, 0.25) is 0 Å². The van der Waals surface area contributed by atoms with E-state index in [2.05, 4.69) is 24.8 Å². The van der Waals surface area contributed by atoms with E-state index in [1.807, 2.05) is 18.2 Å². The van der Waals surface area contributed by atoms with Crippen LogP contribution in [0, 0.1) is 0 Å². The Morgan fingerprint density at radius 1 is 0.950 bits per heavy atom. The molecule has 1 aliphatic rings. The molecule has 6 heteroatoms. The number of hydrogen-bond acceptors (Lipinski definition) is 6. The summed E-state index contributed by atoms with van der Waals surface area (Å²) in [6.45, 7) is 3.58. The highest BCUT2D eigenvalue weighted by Gasteiger charge is 2.19. The number of aromatic nitrogens is 3. The Morgan fingerprint density at radius 2 is 1.65 bits per heavy atom. The smallest absolute Gasteiger partial charge is 0.225 e. The summed E-state index contributed by atoms with van der Waals surface area (Å²) in [6.07, 6.45) is 5.26. The molecule has 1 N–H and O–H groups in total. The minimum atomic E-state index is 0.0341. The molecule has 20 heavy (non-hydrogen) atoms. The van der Waals surface area contributed by atoms with Gasteiger partial charge in [0.2, 0.25) is 5.95 Å². The number of hydrogen-bond donors (Lipinski definition) is 1. The van der Waals surface area contributed by atoms with Crippen LogP contribution in [0.5, 0.6) is 0 Å². The normalized spacial score (nSPS) is 15.4. The maximum Gasteiger partial charge on any atom is 0.225 e. The fourth-order valence-electron chi connectivity index (χ4n) is 2.29. The maximum absolute atomic E-state index is 9.03. The number of aliphatic hydroxyl groups excluding tert-OH is 1. The van der Waals surface area contributed by atoms with Gasteiger partial charge in [0, 0.05) is 44.8 Å². The predicted molar refractivity (Wildman–Crippen MR) is 76.6 cm³/mol. The molecular formula is C14H17N5O. The number of pyridine rings is 1. The Labute approximate surface area is 117 Å². The molecule has 0 unspecified atom stereocenters. The number of anilines is 2. The molecule has 0 atom stereocenters. The van der Waals surface area contributed by atoms with Crippen molar-refractivity contribution in [2.45, 2.75) is 6.61 Å². The van der Waals surface area contributed by atoms with Crippen molar-refractivity contribution in [1.82, 2.24) is 15.0 Å². The Bertz CT molecular complexity index is 537. The van der Waals surface area contributed by atoms with E-state index >= 15 is 0 Å². The minimum absolute atomic E-state index is 0.0341. The number of piperazine rings is 1. The van der Waals surface area contributed by atoms with Crippen molar-refractivity contribution in [1.29, 1.82) is 0 Å². The molecule has 0 saturated carbocycles. The molecular weight excluding hydrogens is 254 g/mol. The van der Waals surface area contributed by atoms with E-state index in [4.69, 9.17) is 5.11 Å². The Balaban J connectivity index is 1.63. The van der Waals surface area contributed by atoms with Crippen molar-refractivity contribution in [2.75, 3.05) is 36.0 Å². The molecule has 2 aromatic heterocycles. The molecule has 0 amide bonds. The fourth-order valence-corrected chi connectivity index (χ4v) is 2.29. The van der Waals surface area contributed by atoms with Gasteiger partial charge in [0.1, 0.15) is 5.82 Å². The lowest BCUT2D eigenvalue weighted by atomic mass is 10.2. The SMILES string of the molecule is OCc1ccc(N2CCN(c3ncccn3)CC2)nc1. The molecule has 1 aliphatic heterocycles. The largest absolute Gasteiger partial charge is 0.392 e. The van der Waals surface area contributed by atoms with Crippen LogP contribution in [-0.2, 0) is 6.61 Å². The summed E-state index contributed by atoms with van der Waals surface area (Å²) in [5, 5.41) is 9.03. The van der Waals surface area contributed by atoms with Crippen molar-refractivity contribution in [2.24, 2.45) is 0 Å². The second kappa shape index (κ2) is 5.83. The third-order valence-electron chi connectivity index (χ3n) is 3.43. The van der Waals surface area contributed by atoms with Crippen LogP contribution in [0.3, 0.4) is 0 Å². The van der Waals surface area contributed by atoms with Crippen LogP contribution in [0.25, 0.3) is 0 Å². The molecule has 0 aromatic carbocycles. The van der Waals surface area contributed by atoms with Crippen molar-refractivity contribution >= 4 is 11.8 Å². The molecule has 3 heterocycles. The lowest BCUT2D eigenvalue weighted by molar-refractivity contribution is 0.281. The highest BCUT2D eigenvalue weighted by Crippen LogP contribution is 2.16. The quantitative estimate of drug-likeness (QED) is 0.886. The topological polar surface area (TPSA) is 65.4 Å². The van der Waals surface area contributed by atoms with Crippen LogP contribution in [0.1, 0.15) is 5.56 Å². The monoisotopic (exact) mass is 271 g/mol. The molecule has 0 spiro atoms. The third kappa shape index (κ3) is 2.70. The summed E-state index contributed by atoms with van der Waals surface area (Å²) in [6, 6.07) is 5.70. The fraction of sp³-hybridized carbons (Fsp3) is 0.357. The summed E-state index contributed by atoms with van der Waals surface area (Å²) < 4.78 is 0. The first-order valence-corrected chi connectivity index (χ1v) is 6.69. The highest BCUT2D eigenvalue weighted by molar-refractivity contribution is 5.42. The van der Waals surface area contributed by atoms with E-state index in [0.29, 0.717) is 0 Å². The predicted octanol–water partition coefficient (Wildman–Crippen LogP) is 0.690. The van der Waals surface area contributed by atoms with E-state index in [0.717, 1.165) is 43.5 Å². The number of nitrogens with zero attached hydrogens (tertiary/aromatic N) is 5.